The molecule has 2 aromatic heterocycles. The predicted molar refractivity (Wildman–Crippen MR) is 124 cm³/mol. The van der Waals surface area contributed by atoms with Gasteiger partial charge in [-0.15, -0.1) is 0 Å². The summed E-state index contributed by atoms with van der Waals surface area (Å²) < 4.78 is 29.3. The smallest absolute Gasteiger partial charge is 0.249 e. The Labute approximate surface area is 203 Å². The minimum absolute atomic E-state index is 0.0931. The van der Waals surface area contributed by atoms with Gasteiger partial charge in [-0.3, -0.25) is 9.63 Å². The van der Waals surface area contributed by atoms with Crippen molar-refractivity contribution in [2.45, 2.75) is 58.4 Å². The minimum atomic E-state index is -0.648. The van der Waals surface area contributed by atoms with Crippen molar-refractivity contribution in [3.63, 3.8) is 0 Å². The van der Waals surface area contributed by atoms with Crippen LogP contribution in [0.3, 0.4) is 0 Å². The molecule has 5 rings (SSSR count). The minimum Gasteiger partial charge on any atom is -0.272 e. The summed E-state index contributed by atoms with van der Waals surface area (Å²) in [6.07, 6.45) is 6.24. The average molecular weight is 482 g/mol. The van der Waals surface area contributed by atoms with Crippen molar-refractivity contribution in [2.75, 3.05) is 6.61 Å². The van der Waals surface area contributed by atoms with Crippen LogP contribution in [-0.4, -0.2) is 37.3 Å². The monoisotopic (exact) mass is 481 g/mol. The van der Waals surface area contributed by atoms with E-state index in [0.717, 1.165) is 61.1 Å². The Morgan fingerprint density at radius 1 is 1.00 bits per heavy atom. The molecule has 0 bridgehead atoms. The molecule has 0 spiro atoms. The molecule has 1 saturated heterocycles. The van der Waals surface area contributed by atoms with Gasteiger partial charge in [0.2, 0.25) is 5.91 Å². The normalized spacial score (nSPS) is 22.5. The molecule has 2 fully saturated rings. The molecule has 3 aromatic rings. The maximum atomic E-state index is 13.7. The number of halogens is 2. The average Bonchev–Trinajstić information content (AvgIpc) is 3.45. The topological polar surface area (TPSA) is 73.1 Å². The molecule has 1 saturated carbocycles. The molecule has 0 radical (unpaired) electrons. The molecule has 0 N–H and O–H groups in total. The molecule has 35 heavy (non-hydrogen) atoms. The first-order valence-electron chi connectivity index (χ1n) is 12.1. The quantitative estimate of drug-likeness (QED) is 0.523. The van der Waals surface area contributed by atoms with Gasteiger partial charge in [-0.25, -0.2) is 28.5 Å². The lowest BCUT2D eigenvalue weighted by Crippen LogP contribution is -2.36. The fourth-order valence-electron chi connectivity index (χ4n) is 5.32. The Balaban J connectivity index is 1.20. The zero-order valence-electron chi connectivity index (χ0n) is 20.0. The summed E-state index contributed by atoms with van der Waals surface area (Å²) in [4.78, 5) is 27.7. The third-order valence-corrected chi connectivity index (χ3v) is 7.02. The van der Waals surface area contributed by atoms with Gasteiger partial charge < -0.3 is 0 Å². The Morgan fingerprint density at radius 3 is 2.43 bits per heavy atom. The van der Waals surface area contributed by atoms with Crippen LogP contribution < -0.4 is 0 Å². The molecule has 2 aliphatic rings. The van der Waals surface area contributed by atoms with Crippen molar-refractivity contribution >= 4 is 5.91 Å². The largest absolute Gasteiger partial charge is 0.272 e. The van der Waals surface area contributed by atoms with Gasteiger partial charge >= 0.3 is 0 Å². The summed E-state index contributed by atoms with van der Waals surface area (Å²) in [7, 11) is 0. The summed E-state index contributed by atoms with van der Waals surface area (Å²) in [5.74, 6) is -0.355. The van der Waals surface area contributed by atoms with E-state index in [1.807, 2.05) is 30.7 Å². The van der Waals surface area contributed by atoms with Gasteiger partial charge in [0, 0.05) is 35.9 Å². The summed E-state index contributed by atoms with van der Waals surface area (Å²) in [6.45, 7) is 4.31. The molecule has 184 valence electrons. The van der Waals surface area contributed by atoms with E-state index in [1.54, 1.807) is 6.33 Å². The van der Waals surface area contributed by atoms with Gasteiger partial charge in [-0.2, -0.15) is 5.10 Å². The number of hydrogen-bond acceptors (Lipinski definition) is 5. The van der Waals surface area contributed by atoms with Gasteiger partial charge in [0.05, 0.1) is 18.3 Å². The number of benzene rings is 1. The highest BCUT2D eigenvalue weighted by Crippen LogP contribution is 2.37. The highest BCUT2D eigenvalue weighted by atomic mass is 19.1. The van der Waals surface area contributed by atoms with Gasteiger partial charge in [-0.05, 0) is 75.6 Å². The Bertz CT molecular complexity index is 1200. The second kappa shape index (κ2) is 9.81. The molecule has 0 unspecified atom stereocenters. The first-order chi connectivity index (χ1) is 16.9. The standard InChI is InChI=1S/C26H29F2N5O2/c1-16-9-17(2)32(31-16)25-14-23(29-15-30-25)10-18-3-5-19(6-4-18)26(34)33-24(7-8-35-33)20-11-21(27)13-22(28)12-20/h9,11-15,18-19,24H,3-8,10H2,1-2H3/t18?,19?,24-/m0/s1. The second-order valence-electron chi connectivity index (χ2n) is 9.63. The molecule has 1 amide bonds. The van der Waals surface area contributed by atoms with E-state index >= 15 is 0 Å². The molecule has 1 aliphatic heterocycles. The number of carbonyl (C=O) groups excluding carboxylic acids is 1. The number of nitrogens with zero attached hydrogens (tertiary/aromatic N) is 5. The SMILES string of the molecule is Cc1cc(C)n(-c2cc(CC3CCC(C(=O)N4OCC[C@H]4c4cc(F)cc(F)c4)CC3)ncn2)n1. The van der Waals surface area contributed by atoms with Crippen molar-refractivity contribution in [1.29, 1.82) is 0 Å². The number of rotatable bonds is 5. The van der Waals surface area contributed by atoms with Crippen molar-refractivity contribution in [1.82, 2.24) is 24.8 Å². The summed E-state index contributed by atoms with van der Waals surface area (Å²) in [5, 5.41) is 5.86. The molecule has 1 aromatic carbocycles. The van der Waals surface area contributed by atoms with Crippen molar-refractivity contribution < 1.29 is 18.4 Å². The van der Waals surface area contributed by atoms with E-state index in [4.69, 9.17) is 4.84 Å². The van der Waals surface area contributed by atoms with Crippen LogP contribution in [0.25, 0.3) is 5.82 Å². The van der Waals surface area contributed by atoms with Crippen LogP contribution in [0.4, 0.5) is 8.78 Å². The van der Waals surface area contributed by atoms with Gasteiger partial charge in [-0.1, -0.05) is 0 Å². The molecule has 1 aliphatic carbocycles. The van der Waals surface area contributed by atoms with Crippen molar-refractivity contribution in [2.24, 2.45) is 11.8 Å². The number of aryl methyl sites for hydroxylation is 2. The zero-order valence-corrected chi connectivity index (χ0v) is 20.0. The lowest BCUT2D eigenvalue weighted by Gasteiger charge is -2.32. The van der Waals surface area contributed by atoms with Gasteiger partial charge in [0.25, 0.3) is 0 Å². The number of aromatic nitrogens is 4. The highest BCUT2D eigenvalue weighted by molar-refractivity contribution is 5.78. The van der Waals surface area contributed by atoms with Crippen LogP contribution in [0.1, 0.15) is 60.8 Å². The zero-order chi connectivity index (χ0) is 24.5. The Kier molecular flexibility index (Phi) is 6.60. The molecule has 7 nitrogen and oxygen atoms in total. The van der Waals surface area contributed by atoms with Gasteiger partial charge in [0.1, 0.15) is 18.0 Å². The predicted octanol–water partition coefficient (Wildman–Crippen LogP) is 4.81. The van der Waals surface area contributed by atoms with Crippen LogP contribution in [0.15, 0.2) is 36.7 Å². The first kappa shape index (κ1) is 23.5. The summed E-state index contributed by atoms with van der Waals surface area (Å²) in [5.41, 5.74) is 3.37. The lowest BCUT2D eigenvalue weighted by atomic mass is 9.79. The van der Waals surface area contributed by atoms with Crippen LogP contribution in [-0.2, 0) is 16.1 Å². The van der Waals surface area contributed by atoms with E-state index in [-0.39, 0.29) is 11.8 Å². The Hall–Kier alpha value is -3.20. The van der Waals surface area contributed by atoms with E-state index < -0.39 is 17.7 Å². The molecule has 9 heteroatoms. The van der Waals surface area contributed by atoms with Crippen LogP contribution >= 0.6 is 0 Å². The Morgan fingerprint density at radius 2 is 1.74 bits per heavy atom. The maximum Gasteiger partial charge on any atom is 0.249 e. The molecule has 1 atom stereocenters. The number of hydrogen-bond donors (Lipinski definition) is 0. The molecular weight excluding hydrogens is 452 g/mol. The van der Waals surface area contributed by atoms with Crippen molar-refractivity contribution in [3.8, 4) is 5.82 Å². The second-order valence-corrected chi connectivity index (χ2v) is 9.63. The fourth-order valence-corrected chi connectivity index (χ4v) is 5.32. The van der Waals surface area contributed by atoms with Crippen molar-refractivity contribution in [3.05, 3.63) is 70.9 Å². The number of amides is 1. The fraction of sp³-hybridized carbons (Fsp3) is 0.462. The van der Waals surface area contributed by atoms with E-state index in [9.17, 15) is 13.6 Å². The van der Waals surface area contributed by atoms with Crippen LogP contribution in [0.2, 0.25) is 0 Å². The number of carbonyl (C=O) groups is 1. The third-order valence-electron chi connectivity index (χ3n) is 7.02. The van der Waals surface area contributed by atoms with Gasteiger partial charge in [0.15, 0.2) is 5.82 Å². The van der Waals surface area contributed by atoms with E-state index in [2.05, 4.69) is 15.1 Å². The van der Waals surface area contributed by atoms with E-state index in [1.165, 1.54) is 17.2 Å². The van der Waals surface area contributed by atoms with E-state index in [0.29, 0.717) is 24.5 Å². The first-order valence-corrected chi connectivity index (χ1v) is 12.1. The lowest BCUT2D eigenvalue weighted by molar-refractivity contribution is -0.183. The third kappa shape index (κ3) is 5.10. The summed E-state index contributed by atoms with van der Waals surface area (Å²) >= 11 is 0. The number of hydroxylamine groups is 2. The van der Waals surface area contributed by atoms with Crippen LogP contribution in [0.5, 0.6) is 0 Å². The summed E-state index contributed by atoms with van der Waals surface area (Å²) in [6, 6.07) is 6.93. The highest BCUT2D eigenvalue weighted by Gasteiger charge is 2.37. The maximum absolute atomic E-state index is 13.7. The molecular formula is C26H29F2N5O2. The molecule has 3 heterocycles. The van der Waals surface area contributed by atoms with Crippen LogP contribution in [0, 0.1) is 37.3 Å².